The molecule has 0 amide bonds. The molecule has 3 atom stereocenters. The first-order chi connectivity index (χ1) is 16.2. The molecule has 6 nitrogen and oxygen atoms in total. The van der Waals surface area contributed by atoms with Crippen LogP contribution >= 0.6 is 0 Å². The minimum atomic E-state index is -0.674. The third-order valence-electron chi connectivity index (χ3n) is 6.94. The molecule has 3 unspecified atom stereocenters. The van der Waals surface area contributed by atoms with Gasteiger partial charge in [-0.3, -0.25) is 14.7 Å². The Morgan fingerprint density at radius 2 is 1.70 bits per heavy atom. The number of piperidine rings is 1. The van der Waals surface area contributed by atoms with Crippen molar-refractivity contribution in [2.75, 3.05) is 19.6 Å². The van der Waals surface area contributed by atoms with E-state index in [0.717, 1.165) is 59.2 Å². The number of fused-ring (bicyclic) bond motifs is 6. The molecule has 1 saturated heterocycles. The standard InChI is InChI=1S/C27H26N4O2/c32-20(17-30-14-18-12-19(16-30)25-10-5-11-26(33)31(25)15-18)13-28-27-21-6-1-3-8-23(21)29-24-9-4-2-7-22(24)27/h1-11,13,18-20,32H,12,14-17H2. The highest BCUT2D eigenvalue weighted by atomic mass is 16.3. The van der Waals surface area contributed by atoms with Crippen LogP contribution in [0.5, 0.6) is 0 Å². The van der Waals surface area contributed by atoms with Crippen LogP contribution in [0.1, 0.15) is 18.0 Å². The Hall–Kier alpha value is -3.35. The number of aliphatic hydroxyl groups is 1. The Morgan fingerprint density at radius 3 is 2.45 bits per heavy atom. The van der Waals surface area contributed by atoms with Gasteiger partial charge >= 0.3 is 0 Å². The maximum atomic E-state index is 12.2. The highest BCUT2D eigenvalue weighted by Crippen LogP contribution is 2.35. The second-order valence-corrected chi connectivity index (χ2v) is 9.26. The van der Waals surface area contributed by atoms with E-state index in [1.165, 1.54) is 0 Å². The Morgan fingerprint density at radius 1 is 0.970 bits per heavy atom. The van der Waals surface area contributed by atoms with Crippen molar-refractivity contribution in [1.82, 2.24) is 14.5 Å². The lowest BCUT2D eigenvalue weighted by Gasteiger charge is -2.43. The number of hydrogen-bond donors (Lipinski definition) is 1. The fourth-order valence-corrected chi connectivity index (χ4v) is 5.57. The zero-order valence-corrected chi connectivity index (χ0v) is 18.3. The molecule has 2 bridgehead atoms. The second kappa shape index (κ2) is 8.21. The molecule has 6 heteroatoms. The number of aliphatic imine (C=N–C) groups is 1. The zero-order chi connectivity index (χ0) is 22.4. The van der Waals surface area contributed by atoms with Gasteiger partial charge < -0.3 is 9.67 Å². The van der Waals surface area contributed by atoms with E-state index in [4.69, 9.17) is 9.98 Å². The van der Waals surface area contributed by atoms with Crippen LogP contribution in [0.4, 0.5) is 5.69 Å². The largest absolute Gasteiger partial charge is 0.386 e. The predicted molar refractivity (Wildman–Crippen MR) is 131 cm³/mol. The van der Waals surface area contributed by atoms with Crippen molar-refractivity contribution < 1.29 is 5.11 Å². The van der Waals surface area contributed by atoms with Gasteiger partial charge in [-0.1, -0.05) is 42.5 Å². The molecule has 0 aliphatic carbocycles. The molecule has 4 aromatic rings. The van der Waals surface area contributed by atoms with Crippen molar-refractivity contribution in [2.45, 2.75) is 25.0 Å². The van der Waals surface area contributed by atoms with Crippen LogP contribution in [0.3, 0.4) is 0 Å². The minimum Gasteiger partial charge on any atom is -0.386 e. The first-order valence-electron chi connectivity index (χ1n) is 11.6. The molecule has 0 spiro atoms. The smallest absolute Gasteiger partial charge is 0.250 e. The van der Waals surface area contributed by atoms with Crippen LogP contribution in [0.25, 0.3) is 21.8 Å². The van der Waals surface area contributed by atoms with E-state index in [1.54, 1.807) is 12.3 Å². The normalized spacial score (nSPS) is 21.5. The number of pyridine rings is 2. The first kappa shape index (κ1) is 20.3. The quantitative estimate of drug-likeness (QED) is 0.389. The molecule has 1 N–H and O–H groups in total. The number of β-amino-alcohol motifs (C(OH)–C–C–N with tert-alkyl or cyclic N) is 1. The molecule has 2 aromatic carbocycles. The Kier molecular flexibility index (Phi) is 5.04. The Bertz CT molecular complexity index is 1370. The fraction of sp³-hybridized carbons (Fsp3) is 0.296. The highest BCUT2D eigenvalue weighted by Gasteiger charge is 2.34. The summed E-state index contributed by atoms with van der Waals surface area (Å²) in [7, 11) is 0. The van der Waals surface area contributed by atoms with Gasteiger partial charge in [-0.05, 0) is 30.5 Å². The van der Waals surface area contributed by atoms with Gasteiger partial charge in [0.15, 0.2) is 0 Å². The molecule has 33 heavy (non-hydrogen) atoms. The summed E-state index contributed by atoms with van der Waals surface area (Å²) in [5.41, 5.74) is 3.87. The number of rotatable bonds is 4. The highest BCUT2D eigenvalue weighted by molar-refractivity contribution is 6.06. The SMILES string of the molecule is O=c1cccc2n1CC1CC2CN(CC(O)C=Nc2c3ccccc3nc3ccccc23)C1. The molecule has 2 aliphatic rings. The number of hydrogen-bond acceptors (Lipinski definition) is 5. The summed E-state index contributed by atoms with van der Waals surface area (Å²) in [6.07, 6.45) is 2.10. The lowest BCUT2D eigenvalue weighted by atomic mass is 9.83. The van der Waals surface area contributed by atoms with Crippen molar-refractivity contribution in [3.8, 4) is 0 Å². The summed E-state index contributed by atoms with van der Waals surface area (Å²) in [6.45, 7) is 3.05. The van der Waals surface area contributed by atoms with Crippen molar-refractivity contribution in [2.24, 2.45) is 10.9 Å². The van der Waals surface area contributed by atoms with E-state index in [-0.39, 0.29) is 5.56 Å². The lowest BCUT2D eigenvalue weighted by Crippen LogP contribution is -2.49. The van der Waals surface area contributed by atoms with E-state index in [2.05, 4.69) is 11.0 Å². The monoisotopic (exact) mass is 438 g/mol. The van der Waals surface area contributed by atoms with Crippen LogP contribution in [-0.4, -0.2) is 51.5 Å². The molecular formula is C27H26N4O2. The number of para-hydroxylation sites is 2. The molecule has 2 aromatic heterocycles. The first-order valence-corrected chi connectivity index (χ1v) is 11.6. The summed E-state index contributed by atoms with van der Waals surface area (Å²) in [5.74, 6) is 0.775. The van der Waals surface area contributed by atoms with E-state index >= 15 is 0 Å². The van der Waals surface area contributed by atoms with Gasteiger partial charge in [-0.25, -0.2) is 4.98 Å². The average molecular weight is 439 g/mol. The number of aliphatic hydroxyl groups excluding tert-OH is 1. The minimum absolute atomic E-state index is 0.0969. The van der Waals surface area contributed by atoms with Crippen LogP contribution < -0.4 is 5.56 Å². The summed E-state index contributed by atoms with van der Waals surface area (Å²) < 4.78 is 1.94. The topological polar surface area (TPSA) is 70.7 Å². The van der Waals surface area contributed by atoms with E-state index in [1.807, 2.05) is 59.2 Å². The van der Waals surface area contributed by atoms with Crippen LogP contribution in [0.2, 0.25) is 0 Å². The van der Waals surface area contributed by atoms with Gasteiger partial charge in [0.25, 0.3) is 5.56 Å². The van der Waals surface area contributed by atoms with E-state index < -0.39 is 6.10 Å². The summed E-state index contributed by atoms with van der Waals surface area (Å²) in [4.78, 5) is 24.1. The molecule has 1 fully saturated rings. The van der Waals surface area contributed by atoms with E-state index in [0.29, 0.717) is 18.4 Å². The second-order valence-electron chi connectivity index (χ2n) is 9.26. The maximum Gasteiger partial charge on any atom is 0.250 e. The Balaban J connectivity index is 1.24. The van der Waals surface area contributed by atoms with Crippen molar-refractivity contribution in [3.63, 3.8) is 0 Å². The number of likely N-dealkylation sites (tertiary alicyclic amines) is 1. The predicted octanol–water partition coefficient (Wildman–Crippen LogP) is 3.73. The molecule has 0 saturated carbocycles. The van der Waals surface area contributed by atoms with Gasteiger partial charge in [0, 0.05) is 60.8 Å². The zero-order valence-electron chi connectivity index (χ0n) is 18.3. The average Bonchev–Trinajstić information content (AvgIpc) is 2.82. The lowest BCUT2D eigenvalue weighted by molar-refractivity contribution is 0.0868. The molecular weight excluding hydrogens is 412 g/mol. The molecule has 166 valence electrons. The van der Waals surface area contributed by atoms with Crippen molar-refractivity contribution in [3.05, 3.63) is 82.8 Å². The summed E-state index contributed by atoms with van der Waals surface area (Å²) in [6, 6.07) is 21.6. The van der Waals surface area contributed by atoms with E-state index in [9.17, 15) is 9.90 Å². The van der Waals surface area contributed by atoms with Gasteiger partial charge in [0.05, 0.1) is 16.7 Å². The van der Waals surface area contributed by atoms with Crippen molar-refractivity contribution in [1.29, 1.82) is 0 Å². The van der Waals surface area contributed by atoms with Crippen LogP contribution in [-0.2, 0) is 6.54 Å². The molecule has 4 heterocycles. The van der Waals surface area contributed by atoms with Gasteiger partial charge in [0.1, 0.15) is 6.10 Å². The fourth-order valence-electron chi connectivity index (χ4n) is 5.57. The summed E-state index contributed by atoms with van der Waals surface area (Å²) >= 11 is 0. The number of benzene rings is 2. The Labute approximate surface area is 191 Å². The maximum absolute atomic E-state index is 12.2. The van der Waals surface area contributed by atoms with Crippen molar-refractivity contribution >= 4 is 33.7 Å². The third-order valence-corrected chi connectivity index (χ3v) is 6.94. The van der Waals surface area contributed by atoms with Crippen LogP contribution in [0, 0.1) is 5.92 Å². The van der Waals surface area contributed by atoms with Gasteiger partial charge in [-0.15, -0.1) is 0 Å². The molecule has 2 aliphatic heterocycles. The number of aromatic nitrogens is 2. The third kappa shape index (κ3) is 3.75. The molecule has 6 rings (SSSR count). The van der Waals surface area contributed by atoms with Crippen LogP contribution in [0.15, 0.2) is 76.5 Å². The molecule has 0 radical (unpaired) electrons. The number of nitrogens with zero attached hydrogens (tertiary/aromatic N) is 4. The summed E-state index contributed by atoms with van der Waals surface area (Å²) in [5, 5.41) is 12.8. The van der Waals surface area contributed by atoms with Gasteiger partial charge in [-0.2, -0.15) is 0 Å². The van der Waals surface area contributed by atoms with Gasteiger partial charge in [0.2, 0.25) is 0 Å².